The van der Waals surface area contributed by atoms with Gasteiger partial charge in [0, 0.05) is 42.1 Å². The Hall–Kier alpha value is -2.76. The number of dihydropyridines is 1. The third-order valence-electron chi connectivity index (χ3n) is 6.26. The van der Waals surface area contributed by atoms with E-state index in [0.717, 1.165) is 18.4 Å². The molecule has 0 radical (unpaired) electrons. The predicted molar refractivity (Wildman–Crippen MR) is 110 cm³/mol. The van der Waals surface area contributed by atoms with Crippen LogP contribution in [-0.4, -0.2) is 34.7 Å². The van der Waals surface area contributed by atoms with E-state index in [0.29, 0.717) is 18.2 Å². The fourth-order valence-electron chi connectivity index (χ4n) is 4.92. The van der Waals surface area contributed by atoms with Crippen molar-refractivity contribution in [1.82, 2.24) is 10.6 Å². The maximum Gasteiger partial charge on any atom is 0.328 e. The summed E-state index contributed by atoms with van der Waals surface area (Å²) in [7, 11) is 0. The summed E-state index contributed by atoms with van der Waals surface area (Å²) in [5.74, 6) is -0.790. The Kier molecular flexibility index (Phi) is 5.35. The molecule has 4 N–H and O–H groups in total. The summed E-state index contributed by atoms with van der Waals surface area (Å²) >= 11 is 0. The lowest BCUT2D eigenvalue weighted by molar-refractivity contribution is -0.134. The van der Waals surface area contributed by atoms with Crippen LogP contribution in [0.5, 0.6) is 0 Å². The van der Waals surface area contributed by atoms with Gasteiger partial charge in [0.2, 0.25) is 0 Å². The third kappa shape index (κ3) is 4.31. The summed E-state index contributed by atoms with van der Waals surface area (Å²) in [6.45, 7) is 3.40. The second-order valence-corrected chi connectivity index (χ2v) is 8.48. The zero-order chi connectivity index (χ0) is 20.5. The van der Waals surface area contributed by atoms with Gasteiger partial charge in [-0.2, -0.15) is 0 Å². The van der Waals surface area contributed by atoms with Gasteiger partial charge in [0.15, 0.2) is 0 Å². The van der Waals surface area contributed by atoms with Crippen molar-refractivity contribution in [3.05, 3.63) is 58.0 Å². The van der Waals surface area contributed by atoms with Crippen LogP contribution in [0, 0.1) is 11.8 Å². The fourth-order valence-corrected chi connectivity index (χ4v) is 4.92. The molecule has 0 bridgehead atoms. The molecule has 6 heteroatoms. The summed E-state index contributed by atoms with van der Waals surface area (Å²) in [5.41, 5.74) is 9.49. The van der Waals surface area contributed by atoms with E-state index in [1.165, 1.54) is 49.9 Å². The SMILES string of the molecule is CC1=CC2=C(CC3CNC4=CCCC2=C43)C(CC2CC2)N1.O=C(O)/C=C\C(=O)O. The van der Waals surface area contributed by atoms with Crippen molar-refractivity contribution in [3.63, 3.8) is 0 Å². The van der Waals surface area contributed by atoms with Crippen molar-refractivity contribution in [1.29, 1.82) is 0 Å². The van der Waals surface area contributed by atoms with Gasteiger partial charge < -0.3 is 20.8 Å². The number of nitrogens with one attached hydrogen (secondary N) is 2. The van der Waals surface area contributed by atoms with Crippen molar-refractivity contribution >= 4 is 11.9 Å². The number of hydrogen-bond acceptors (Lipinski definition) is 4. The maximum atomic E-state index is 9.55. The molecule has 0 aromatic carbocycles. The lowest BCUT2D eigenvalue weighted by Crippen LogP contribution is -2.36. The van der Waals surface area contributed by atoms with Gasteiger partial charge >= 0.3 is 11.9 Å². The Morgan fingerprint density at radius 3 is 2.59 bits per heavy atom. The highest BCUT2D eigenvalue weighted by molar-refractivity contribution is 5.89. The second-order valence-electron chi connectivity index (χ2n) is 8.48. The van der Waals surface area contributed by atoms with Crippen molar-refractivity contribution < 1.29 is 19.8 Å². The molecule has 0 spiro atoms. The molecule has 154 valence electrons. The smallest absolute Gasteiger partial charge is 0.328 e. The van der Waals surface area contributed by atoms with E-state index in [-0.39, 0.29) is 0 Å². The summed E-state index contributed by atoms with van der Waals surface area (Å²) < 4.78 is 0. The van der Waals surface area contributed by atoms with Crippen LogP contribution in [0.2, 0.25) is 0 Å². The van der Waals surface area contributed by atoms with Crippen LogP contribution in [0.25, 0.3) is 0 Å². The van der Waals surface area contributed by atoms with Crippen LogP contribution >= 0.6 is 0 Å². The first-order chi connectivity index (χ1) is 13.9. The van der Waals surface area contributed by atoms with Gasteiger partial charge in [-0.3, -0.25) is 0 Å². The number of aliphatic carboxylic acids is 2. The van der Waals surface area contributed by atoms with Crippen LogP contribution in [0.15, 0.2) is 58.0 Å². The van der Waals surface area contributed by atoms with Crippen LogP contribution < -0.4 is 10.6 Å². The molecule has 0 amide bonds. The van der Waals surface area contributed by atoms with Crippen LogP contribution in [0.4, 0.5) is 0 Å². The van der Waals surface area contributed by atoms with Gasteiger partial charge in [0.25, 0.3) is 0 Å². The summed E-state index contributed by atoms with van der Waals surface area (Å²) in [4.78, 5) is 19.1. The molecule has 2 heterocycles. The summed E-state index contributed by atoms with van der Waals surface area (Å²) in [5, 5.41) is 23.1. The van der Waals surface area contributed by atoms with E-state index < -0.39 is 11.9 Å². The summed E-state index contributed by atoms with van der Waals surface area (Å²) in [6, 6.07) is 0.613. The van der Waals surface area contributed by atoms with Gasteiger partial charge in [-0.25, -0.2) is 9.59 Å². The molecule has 1 saturated carbocycles. The molecule has 2 fully saturated rings. The molecule has 2 aliphatic heterocycles. The predicted octanol–water partition coefficient (Wildman–Crippen LogP) is 3.27. The fraction of sp³-hybridized carbons (Fsp3) is 0.478. The van der Waals surface area contributed by atoms with Crippen molar-refractivity contribution in [2.75, 3.05) is 6.54 Å². The van der Waals surface area contributed by atoms with E-state index in [4.69, 9.17) is 10.2 Å². The monoisotopic (exact) mass is 396 g/mol. The molecule has 2 unspecified atom stereocenters. The first-order valence-corrected chi connectivity index (χ1v) is 10.4. The van der Waals surface area contributed by atoms with E-state index in [9.17, 15) is 9.59 Å². The van der Waals surface area contributed by atoms with E-state index in [2.05, 4.69) is 29.7 Å². The first-order valence-electron chi connectivity index (χ1n) is 10.4. The number of allylic oxidation sites excluding steroid dienone is 6. The largest absolute Gasteiger partial charge is 0.478 e. The Labute approximate surface area is 170 Å². The second kappa shape index (κ2) is 7.93. The standard InChI is InChI=1S/C19H24N2.C4H4O4/c1-11-7-15-14-3-2-4-17-19(14)13(10-20-17)9-16(15)18(21-11)8-12-5-6-12;5-3(6)1-2-4(7)8/h4,7,12-13,18,20-21H,2-3,5-6,8-10H2,1H3;1-2H,(H,5,6)(H,7,8)/b;2-1-. The Morgan fingerprint density at radius 2 is 1.93 bits per heavy atom. The Balaban J connectivity index is 0.000000221. The zero-order valence-electron chi connectivity index (χ0n) is 16.7. The molecular formula is C23H28N2O4. The highest BCUT2D eigenvalue weighted by atomic mass is 16.4. The third-order valence-corrected chi connectivity index (χ3v) is 6.26. The number of fused-ring (bicyclic) bond motifs is 1. The molecule has 5 rings (SSSR count). The minimum atomic E-state index is -1.26. The zero-order valence-corrected chi connectivity index (χ0v) is 16.7. The number of rotatable bonds is 4. The van der Waals surface area contributed by atoms with Gasteiger partial charge in [-0.05, 0) is 66.9 Å². The van der Waals surface area contributed by atoms with Crippen LogP contribution in [-0.2, 0) is 9.59 Å². The van der Waals surface area contributed by atoms with Crippen LogP contribution in [0.3, 0.4) is 0 Å². The Bertz CT molecular complexity index is 871. The summed E-state index contributed by atoms with van der Waals surface area (Å²) in [6.07, 6.45) is 14.0. The van der Waals surface area contributed by atoms with Gasteiger partial charge in [-0.15, -0.1) is 0 Å². The number of hydrogen-bond donors (Lipinski definition) is 4. The van der Waals surface area contributed by atoms with Gasteiger partial charge in [0.1, 0.15) is 0 Å². The van der Waals surface area contributed by atoms with E-state index >= 15 is 0 Å². The number of carbonyl (C=O) groups is 2. The maximum absolute atomic E-state index is 9.55. The Morgan fingerprint density at radius 1 is 1.21 bits per heavy atom. The molecule has 0 aromatic heterocycles. The minimum absolute atomic E-state index is 0.558. The van der Waals surface area contributed by atoms with Gasteiger partial charge in [-0.1, -0.05) is 18.9 Å². The van der Waals surface area contributed by atoms with Crippen molar-refractivity contribution in [3.8, 4) is 0 Å². The van der Waals surface area contributed by atoms with E-state index in [1.54, 1.807) is 22.3 Å². The molecule has 3 aliphatic carbocycles. The van der Waals surface area contributed by atoms with Crippen molar-refractivity contribution in [2.24, 2.45) is 11.8 Å². The lowest BCUT2D eigenvalue weighted by Gasteiger charge is -2.37. The molecule has 2 atom stereocenters. The minimum Gasteiger partial charge on any atom is -0.478 e. The van der Waals surface area contributed by atoms with E-state index in [1.807, 2.05) is 0 Å². The number of carboxylic acid groups (broad SMARTS) is 2. The van der Waals surface area contributed by atoms with Gasteiger partial charge in [0.05, 0.1) is 0 Å². The average molecular weight is 396 g/mol. The van der Waals surface area contributed by atoms with Crippen LogP contribution in [0.1, 0.15) is 45.4 Å². The topological polar surface area (TPSA) is 98.7 Å². The number of carboxylic acids is 2. The highest BCUT2D eigenvalue weighted by Gasteiger charge is 2.39. The first kappa shape index (κ1) is 19.6. The van der Waals surface area contributed by atoms with Crippen molar-refractivity contribution in [2.45, 2.75) is 51.5 Å². The molecule has 5 aliphatic rings. The molecule has 29 heavy (non-hydrogen) atoms. The molecule has 6 nitrogen and oxygen atoms in total. The lowest BCUT2D eigenvalue weighted by atomic mass is 9.72. The highest BCUT2D eigenvalue weighted by Crippen LogP contribution is 2.48. The normalized spacial score (nSPS) is 27.1. The molecule has 1 saturated heterocycles. The molecular weight excluding hydrogens is 368 g/mol. The molecule has 0 aromatic rings. The average Bonchev–Trinajstić information content (AvgIpc) is 3.40. The quantitative estimate of drug-likeness (QED) is 0.545.